The Hall–Kier alpha value is -0.0800. The van der Waals surface area contributed by atoms with E-state index in [2.05, 4.69) is 38.0 Å². The van der Waals surface area contributed by atoms with E-state index >= 15 is 0 Å². The zero-order valence-corrected chi connectivity index (χ0v) is 14.7. The van der Waals surface area contributed by atoms with Gasteiger partial charge in [0.15, 0.2) is 0 Å². The molecule has 2 nitrogen and oxygen atoms in total. The third-order valence-electron chi connectivity index (χ3n) is 2.87. The summed E-state index contributed by atoms with van der Waals surface area (Å²) in [5, 5.41) is 3.22. The fraction of sp³-hybridized carbons (Fsp3) is 1.00. The molecule has 2 heteroatoms. The van der Waals surface area contributed by atoms with Crippen molar-refractivity contribution in [1.82, 2.24) is 10.2 Å². The molecule has 0 bridgehead atoms. The number of nitrogens with zero attached hydrogens (tertiary/aromatic N) is 1. The molecule has 0 unspecified atom stereocenters. The lowest BCUT2D eigenvalue weighted by molar-refractivity contribution is 0.0119. The second-order valence-electron chi connectivity index (χ2n) is 4.59. The average molecular weight is 261 g/mol. The SMILES string of the molecule is CC.CC.CCC.CCC1(CCNC)CN(C)C1. The molecule has 0 aliphatic carbocycles. The van der Waals surface area contributed by atoms with Crippen LogP contribution >= 0.6 is 0 Å². The molecule has 0 aromatic rings. The zero-order chi connectivity index (χ0) is 15.0. The van der Waals surface area contributed by atoms with E-state index in [1.165, 1.54) is 38.9 Å². The smallest absolute Gasteiger partial charge is 0.00478 e. The Morgan fingerprint density at radius 2 is 1.39 bits per heavy atom. The summed E-state index contributed by atoms with van der Waals surface area (Å²) >= 11 is 0. The van der Waals surface area contributed by atoms with Crippen LogP contribution in [-0.2, 0) is 0 Å². The third kappa shape index (κ3) is 11.0. The monoisotopic (exact) mass is 260 g/mol. The Labute approximate surface area is 118 Å². The lowest BCUT2D eigenvalue weighted by atomic mass is 9.75. The van der Waals surface area contributed by atoms with Crippen LogP contribution in [0.3, 0.4) is 0 Å². The predicted octanol–water partition coefficient (Wildman–Crippen LogP) is 4.41. The highest BCUT2D eigenvalue weighted by Crippen LogP contribution is 2.35. The van der Waals surface area contributed by atoms with Crippen molar-refractivity contribution in [2.45, 2.75) is 67.7 Å². The van der Waals surface area contributed by atoms with Crippen molar-refractivity contribution < 1.29 is 0 Å². The van der Waals surface area contributed by atoms with Gasteiger partial charge < -0.3 is 10.2 Å². The van der Waals surface area contributed by atoms with E-state index in [4.69, 9.17) is 0 Å². The van der Waals surface area contributed by atoms with Gasteiger partial charge in [0.1, 0.15) is 0 Å². The minimum Gasteiger partial charge on any atom is -0.320 e. The van der Waals surface area contributed by atoms with Crippen molar-refractivity contribution in [2.75, 3.05) is 33.7 Å². The van der Waals surface area contributed by atoms with E-state index in [9.17, 15) is 0 Å². The maximum absolute atomic E-state index is 3.22. The fourth-order valence-electron chi connectivity index (χ4n) is 2.05. The number of nitrogens with one attached hydrogen (secondary N) is 1. The van der Waals surface area contributed by atoms with Gasteiger partial charge in [0.2, 0.25) is 0 Å². The zero-order valence-electron chi connectivity index (χ0n) is 14.7. The van der Waals surface area contributed by atoms with Crippen molar-refractivity contribution in [3.8, 4) is 0 Å². The molecule has 0 radical (unpaired) electrons. The fourth-order valence-corrected chi connectivity index (χ4v) is 2.05. The highest BCUT2D eigenvalue weighted by atomic mass is 15.2. The van der Waals surface area contributed by atoms with Gasteiger partial charge in [-0.25, -0.2) is 0 Å². The molecule has 0 saturated carbocycles. The number of likely N-dealkylation sites (tertiary alicyclic amines) is 1. The Bertz CT molecular complexity index is 129. The van der Waals surface area contributed by atoms with Crippen LogP contribution in [0.2, 0.25) is 0 Å². The summed E-state index contributed by atoms with van der Waals surface area (Å²) in [5.74, 6) is 0. The summed E-state index contributed by atoms with van der Waals surface area (Å²) in [6.45, 7) is 18.3. The van der Waals surface area contributed by atoms with Crippen LogP contribution in [0, 0.1) is 5.41 Å². The Balaban J connectivity index is -0.000000274. The molecule has 0 spiro atoms. The first-order chi connectivity index (χ1) is 8.64. The highest BCUT2D eigenvalue weighted by Gasteiger charge is 2.38. The molecule has 1 N–H and O–H groups in total. The summed E-state index contributed by atoms with van der Waals surface area (Å²) in [7, 11) is 4.24. The Morgan fingerprint density at radius 1 is 1.00 bits per heavy atom. The van der Waals surface area contributed by atoms with Gasteiger partial charge in [-0.3, -0.25) is 0 Å². The van der Waals surface area contributed by atoms with Crippen molar-refractivity contribution in [2.24, 2.45) is 5.41 Å². The molecule has 0 aromatic heterocycles. The van der Waals surface area contributed by atoms with E-state index in [-0.39, 0.29) is 0 Å². The van der Waals surface area contributed by atoms with Crippen LogP contribution in [0.4, 0.5) is 0 Å². The molecule has 18 heavy (non-hydrogen) atoms. The standard InChI is InChI=1S/C9H20N2.C3H8.2C2H6/c1-4-9(5-6-10-2)7-11(3)8-9;1-3-2;2*1-2/h10H,4-8H2,1-3H3;3H2,1-2H3;2*1-2H3. The largest absolute Gasteiger partial charge is 0.320 e. The summed E-state index contributed by atoms with van der Waals surface area (Å²) in [5.41, 5.74) is 0.651. The van der Waals surface area contributed by atoms with Crippen LogP contribution < -0.4 is 5.32 Å². The van der Waals surface area contributed by atoms with Crippen LogP contribution in [0.5, 0.6) is 0 Å². The predicted molar refractivity (Wildman–Crippen MR) is 87.4 cm³/mol. The maximum Gasteiger partial charge on any atom is 0.00478 e. The second kappa shape index (κ2) is 16.9. The summed E-state index contributed by atoms with van der Waals surface area (Å²) in [4.78, 5) is 2.40. The summed E-state index contributed by atoms with van der Waals surface area (Å²) in [6, 6.07) is 0. The quantitative estimate of drug-likeness (QED) is 0.805. The molecule has 1 aliphatic heterocycles. The van der Waals surface area contributed by atoms with E-state index in [1.807, 2.05) is 34.7 Å². The van der Waals surface area contributed by atoms with Crippen LogP contribution in [-0.4, -0.2) is 38.6 Å². The van der Waals surface area contributed by atoms with Crippen molar-refractivity contribution in [3.05, 3.63) is 0 Å². The minimum atomic E-state index is 0.651. The van der Waals surface area contributed by atoms with Gasteiger partial charge in [-0.05, 0) is 38.9 Å². The topological polar surface area (TPSA) is 15.3 Å². The molecular weight excluding hydrogens is 220 g/mol. The molecule has 0 atom stereocenters. The van der Waals surface area contributed by atoms with Gasteiger partial charge >= 0.3 is 0 Å². The molecule has 1 saturated heterocycles. The number of hydrogen-bond acceptors (Lipinski definition) is 2. The third-order valence-corrected chi connectivity index (χ3v) is 2.87. The van der Waals surface area contributed by atoms with Gasteiger partial charge in [-0.15, -0.1) is 0 Å². The first-order valence-electron chi connectivity index (χ1n) is 7.97. The Morgan fingerprint density at radius 3 is 1.61 bits per heavy atom. The first-order valence-corrected chi connectivity index (χ1v) is 7.97. The normalized spacial score (nSPS) is 15.8. The minimum absolute atomic E-state index is 0.651. The van der Waals surface area contributed by atoms with Gasteiger partial charge in [0, 0.05) is 13.1 Å². The molecule has 114 valence electrons. The lowest BCUT2D eigenvalue weighted by Gasteiger charge is -2.48. The number of rotatable bonds is 4. The lowest BCUT2D eigenvalue weighted by Crippen LogP contribution is -2.54. The molecule has 1 rings (SSSR count). The summed E-state index contributed by atoms with van der Waals surface area (Å²) < 4.78 is 0. The average Bonchev–Trinajstić information content (AvgIpc) is 2.39. The van der Waals surface area contributed by atoms with Crippen LogP contribution in [0.25, 0.3) is 0 Å². The van der Waals surface area contributed by atoms with Crippen molar-refractivity contribution in [3.63, 3.8) is 0 Å². The molecule has 1 aliphatic rings. The summed E-state index contributed by atoms with van der Waals surface area (Å²) in [6.07, 6.45) is 3.92. The van der Waals surface area contributed by atoms with Gasteiger partial charge in [-0.2, -0.15) is 0 Å². The van der Waals surface area contributed by atoms with E-state index < -0.39 is 0 Å². The van der Waals surface area contributed by atoms with Crippen LogP contribution in [0.1, 0.15) is 67.7 Å². The number of hydrogen-bond donors (Lipinski definition) is 1. The van der Waals surface area contributed by atoms with Crippen LogP contribution in [0.15, 0.2) is 0 Å². The maximum atomic E-state index is 3.22. The van der Waals surface area contributed by atoms with E-state index in [0.717, 1.165) is 0 Å². The van der Waals surface area contributed by atoms with E-state index in [0.29, 0.717) is 5.41 Å². The molecule has 1 fully saturated rings. The molecule has 1 heterocycles. The van der Waals surface area contributed by atoms with Gasteiger partial charge in [-0.1, -0.05) is 54.9 Å². The second-order valence-corrected chi connectivity index (χ2v) is 4.59. The van der Waals surface area contributed by atoms with Gasteiger partial charge in [0.25, 0.3) is 0 Å². The molecule has 0 amide bonds. The van der Waals surface area contributed by atoms with Crippen molar-refractivity contribution >= 4 is 0 Å². The molecule has 0 aromatic carbocycles. The molecular formula is C16H40N2. The van der Waals surface area contributed by atoms with Crippen molar-refractivity contribution in [1.29, 1.82) is 0 Å². The van der Waals surface area contributed by atoms with Gasteiger partial charge in [0.05, 0.1) is 0 Å². The Kier molecular flexibility index (Phi) is 21.7. The highest BCUT2D eigenvalue weighted by molar-refractivity contribution is 4.92. The first kappa shape index (κ1) is 23.0. The van der Waals surface area contributed by atoms with E-state index in [1.54, 1.807) is 0 Å².